The van der Waals surface area contributed by atoms with Crippen LogP contribution in [0.15, 0.2) is 58.9 Å². The first kappa shape index (κ1) is 19.7. The zero-order valence-corrected chi connectivity index (χ0v) is 16.5. The normalized spacial score (nSPS) is 10.3. The van der Waals surface area contributed by atoms with E-state index in [1.165, 1.54) is 30.0 Å². The van der Waals surface area contributed by atoms with Gasteiger partial charge in [0.2, 0.25) is 5.91 Å². The molecular weight excluding hydrogens is 396 g/mol. The monoisotopic (exact) mass is 412 g/mol. The highest BCUT2D eigenvalue weighted by Gasteiger charge is 2.09. The molecule has 0 aliphatic rings. The first-order valence-corrected chi connectivity index (χ1v) is 10.1. The molecule has 0 unspecified atom stereocenters. The van der Waals surface area contributed by atoms with Crippen LogP contribution in [0.5, 0.6) is 0 Å². The highest BCUT2D eigenvalue weighted by molar-refractivity contribution is 7.99. The van der Waals surface area contributed by atoms with Crippen LogP contribution in [-0.4, -0.2) is 33.5 Å². The van der Waals surface area contributed by atoms with E-state index in [-0.39, 0.29) is 23.4 Å². The number of thioether (sulfide) groups is 1. The number of carbonyl (C=O) groups excluding carboxylic acids is 3. The zero-order chi connectivity index (χ0) is 19.9. The van der Waals surface area contributed by atoms with Gasteiger partial charge in [-0.3, -0.25) is 14.4 Å². The molecule has 2 N–H and O–H groups in total. The number of benzene rings is 1. The molecule has 0 aliphatic carbocycles. The minimum Gasteiger partial charge on any atom is -0.325 e. The molecule has 2 heterocycles. The Hall–Kier alpha value is -3.04. The largest absolute Gasteiger partial charge is 0.325 e. The molecule has 0 bridgehead atoms. The molecule has 142 valence electrons. The second kappa shape index (κ2) is 9.25. The fraction of sp³-hybridized carbons (Fsp3) is 0.105. The van der Waals surface area contributed by atoms with Gasteiger partial charge in [-0.05, 0) is 42.6 Å². The van der Waals surface area contributed by atoms with Crippen LogP contribution >= 0.6 is 23.1 Å². The molecule has 9 heteroatoms. The summed E-state index contributed by atoms with van der Waals surface area (Å²) in [6.45, 7) is 1.47. The number of ketones is 1. The van der Waals surface area contributed by atoms with E-state index in [9.17, 15) is 14.4 Å². The Morgan fingerprint density at radius 3 is 2.57 bits per heavy atom. The third-order valence-corrected chi connectivity index (χ3v) is 5.32. The number of anilines is 2. The second-order valence-electron chi connectivity index (χ2n) is 5.66. The van der Waals surface area contributed by atoms with Crippen LogP contribution in [0.25, 0.3) is 0 Å². The number of amides is 2. The maximum Gasteiger partial charge on any atom is 0.266 e. The molecule has 1 aromatic carbocycles. The van der Waals surface area contributed by atoms with E-state index in [1.54, 1.807) is 48.5 Å². The maximum atomic E-state index is 12.1. The minimum atomic E-state index is -0.239. The molecule has 0 saturated carbocycles. The molecule has 0 atom stereocenters. The van der Waals surface area contributed by atoms with Crippen molar-refractivity contribution in [1.29, 1.82) is 0 Å². The summed E-state index contributed by atoms with van der Waals surface area (Å²) in [5.41, 5.74) is 1.10. The summed E-state index contributed by atoms with van der Waals surface area (Å²) in [7, 11) is 0. The molecule has 2 amide bonds. The Labute approximate surface area is 169 Å². The van der Waals surface area contributed by atoms with Crippen LogP contribution in [0, 0.1) is 0 Å². The fourth-order valence-electron chi connectivity index (χ4n) is 2.20. The van der Waals surface area contributed by atoms with Gasteiger partial charge in [-0.2, -0.15) is 0 Å². The van der Waals surface area contributed by atoms with E-state index in [4.69, 9.17) is 0 Å². The quantitative estimate of drug-likeness (QED) is 0.453. The lowest BCUT2D eigenvalue weighted by Gasteiger charge is -2.06. The smallest absolute Gasteiger partial charge is 0.266 e. The van der Waals surface area contributed by atoms with Gasteiger partial charge in [0.25, 0.3) is 5.91 Å². The van der Waals surface area contributed by atoms with E-state index < -0.39 is 0 Å². The topological polar surface area (TPSA) is 101 Å². The van der Waals surface area contributed by atoms with Crippen molar-refractivity contribution < 1.29 is 14.4 Å². The molecule has 28 heavy (non-hydrogen) atoms. The van der Waals surface area contributed by atoms with Gasteiger partial charge < -0.3 is 10.6 Å². The number of nitrogens with zero attached hydrogens (tertiary/aromatic N) is 2. The lowest BCUT2D eigenvalue weighted by molar-refractivity contribution is -0.113. The van der Waals surface area contributed by atoms with Crippen LogP contribution in [0.3, 0.4) is 0 Å². The van der Waals surface area contributed by atoms with Gasteiger partial charge in [-0.1, -0.05) is 30.0 Å². The van der Waals surface area contributed by atoms with Gasteiger partial charge in [-0.15, -0.1) is 21.5 Å². The van der Waals surface area contributed by atoms with Crippen molar-refractivity contribution in [3.63, 3.8) is 0 Å². The predicted octanol–water partition coefficient (Wildman–Crippen LogP) is 3.72. The van der Waals surface area contributed by atoms with Crippen molar-refractivity contribution in [2.75, 3.05) is 16.4 Å². The molecule has 0 radical (unpaired) electrons. The Kier molecular flexibility index (Phi) is 6.51. The summed E-state index contributed by atoms with van der Waals surface area (Å²) in [4.78, 5) is 36.0. The first-order valence-electron chi connectivity index (χ1n) is 8.23. The summed E-state index contributed by atoms with van der Waals surface area (Å²) in [6, 6.07) is 13.6. The highest BCUT2D eigenvalue weighted by Crippen LogP contribution is 2.18. The summed E-state index contributed by atoms with van der Waals surface area (Å²) in [5.74, 6) is -0.0421. The summed E-state index contributed by atoms with van der Waals surface area (Å²) in [5, 5.41) is 15.7. The van der Waals surface area contributed by atoms with E-state index in [1.807, 2.05) is 5.38 Å². The first-order chi connectivity index (χ1) is 13.5. The number of hydrogen-bond donors (Lipinski definition) is 2. The van der Waals surface area contributed by atoms with Gasteiger partial charge in [-0.25, -0.2) is 0 Å². The molecule has 2 aromatic heterocycles. The molecule has 0 fully saturated rings. The predicted molar refractivity (Wildman–Crippen MR) is 110 cm³/mol. The third kappa shape index (κ3) is 5.48. The number of rotatable bonds is 7. The number of hydrogen-bond acceptors (Lipinski definition) is 7. The summed E-state index contributed by atoms with van der Waals surface area (Å²) < 4.78 is 0. The fourth-order valence-corrected chi connectivity index (χ4v) is 3.43. The second-order valence-corrected chi connectivity index (χ2v) is 7.61. The van der Waals surface area contributed by atoms with Crippen LogP contribution in [-0.2, 0) is 4.79 Å². The van der Waals surface area contributed by atoms with Crippen molar-refractivity contribution in [3.05, 3.63) is 64.4 Å². The Bertz CT molecular complexity index is 989. The zero-order valence-electron chi connectivity index (χ0n) is 14.8. The SMILES string of the molecule is CC(=O)c1cccc(NC(=O)CSc2ccc(NC(=O)c3cccs3)nn2)c1. The summed E-state index contributed by atoms with van der Waals surface area (Å²) in [6.07, 6.45) is 0. The lowest BCUT2D eigenvalue weighted by atomic mass is 10.1. The molecule has 0 spiro atoms. The average Bonchev–Trinajstić information content (AvgIpc) is 3.23. The molecule has 3 aromatic rings. The minimum absolute atomic E-state index is 0.0630. The van der Waals surface area contributed by atoms with Crippen LogP contribution in [0.2, 0.25) is 0 Å². The highest BCUT2D eigenvalue weighted by atomic mass is 32.2. The van der Waals surface area contributed by atoms with Crippen molar-refractivity contribution in [3.8, 4) is 0 Å². The van der Waals surface area contributed by atoms with E-state index in [0.29, 0.717) is 27.0 Å². The molecular formula is C19H16N4O3S2. The van der Waals surface area contributed by atoms with Gasteiger partial charge in [0.05, 0.1) is 10.6 Å². The van der Waals surface area contributed by atoms with Crippen molar-refractivity contribution in [2.24, 2.45) is 0 Å². The Morgan fingerprint density at radius 1 is 1.04 bits per heavy atom. The summed E-state index contributed by atoms with van der Waals surface area (Å²) >= 11 is 2.56. The van der Waals surface area contributed by atoms with Gasteiger partial charge in [0.1, 0.15) is 5.03 Å². The maximum absolute atomic E-state index is 12.1. The van der Waals surface area contributed by atoms with Gasteiger partial charge in [0, 0.05) is 11.3 Å². The molecule has 0 aliphatic heterocycles. The lowest BCUT2D eigenvalue weighted by Crippen LogP contribution is -2.14. The van der Waals surface area contributed by atoms with E-state index in [0.717, 1.165) is 0 Å². The molecule has 7 nitrogen and oxygen atoms in total. The van der Waals surface area contributed by atoms with Crippen molar-refractivity contribution in [1.82, 2.24) is 10.2 Å². The standard InChI is InChI=1S/C19H16N4O3S2/c1-12(24)13-4-2-5-14(10-13)20-17(25)11-28-18-8-7-16(22-23-18)21-19(26)15-6-3-9-27-15/h2-10H,11H2,1H3,(H,20,25)(H,21,22,26). The third-order valence-electron chi connectivity index (χ3n) is 3.53. The van der Waals surface area contributed by atoms with E-state index >= 15 is 0 Å². The van der Waals surface area contributed by atoms with Crippen molar-refractivity contribution >= 4 is 52.2 Å². The Morgan fingerprint density at radius 2 is 1.89 bits per heavy atom. The number of carbonyl (C=O) groups is 3. The van der Waals surface area contributed by atoms with Crippen LogP contribution < -0.4 is 10.6 Å². The average molecular weight is 412 g/mol. The number of aromatic nitrogens is 2. The molecule has 3 rings (SSSR count). The van der Waals surface area contributed by atoms with Crippen molar-refractivity contribution in [2.45, 2.75) is 11.9 Å². The van der Waals surface area contributed by atoms with Crippen LogP contribution in [0.4, 0.5) is 11.5 Å². The Balaban J connectivity index is 1.50. The van der Waals surface area contributed by atoms with Gasteiger partial charge >= 0.3 is 0 Å². The van der Waals surface area contributed by atoms with Gasteiger partial charge in [0.15, 0.2) is 11.6 Å². The van der Waals surface area contributed by atoms with Crippen LogP contribution in [0.1, 0.15) is 27.0 Å². The molecule has 0 saturated heterocycles. The number of Topliss-reactive ketones (excluding diaryl/α,β-unsaturated/α-hetero) is 1. The number of nitrogens with one attached hydrogen (secondary N) is 2. The van der Waals surface area contributed by atoms with E-state index in [2.05, 4.69) is 20.8 Å². The number of thiophene rings is 1.